The van der Waals surface area contributed by atoms with Crippen molar-refractivity contribution in [2.45, 2.75) is 49.3 Å². The van der Waals surface area contributed by atoms with Gasteiger partial charge in [-0.15, -0.1) is 0 Å². The summed E-state index contributed by atoms with van der Waals surface area (Å²) in [5, 5.41) is 6.39. The maximum atomic E-state index is 13.8. The van der Waals surface area contributed by atoms with Crippen molar-refractivity contribution in [2.24, 2.45) is 5.10 Å². The largest absolute Gasteiger partial charge is 0.496 e. The van der Waals surface area contributed by atoms with Gasteiger partial charge in [0.05, 0.1) is 29.2 Å². The molecule has 3 aliphatic rings. The van der Waals surface area contributed by atoms with E-state index in [2.05, 4.69) is 5.10 Å². The molecule has 2 heterocycles. The van der Waals surface area contributed by atoms with Crippen LogP contribution in [0.4, 0.5) is 0 Å². The van der Waals surface area contributed by atoms with E-state index >= 15 is 0 Å². The topological polar surface area (TPSA) is 96.3 Å². The van der Waals surface area contributed by atoms with Crippen LogP contribution >= 0.6 is 0 Å². The van der Waals surface area contributed by atoms with Crippen molar-refractivity contribution < 1.29 is 21.6 Å². The zero-order valence-electron chi connectivity index (χ0n) is 18.2. The van der Waals surface area contributed by atoms with Gasteiger partial charge in [0.2, 0.25) is 10.0 Å². The summed E-state index contributed by atoms with van der Waals surface area (Å²) in [5.41, 5.74) is 2.34. The van der Waals surface area contributed by atoms with Crippen LogP contribution in [0.25, 0.3) is 0 Å². The Morgan fingerprint density at radius 1 is 1.06 bits per heavy atom. The molecule has 0 unspecified atom stereocenters. The highest BCUT2D eigenvalue weighted by Crippen LogP contribution is 2.43. The Morgan fingerprint density at radius 3 is 2.32 bits per heavy atom. The molecule has 2 aliphatic heterocycles. The Labute approximate surface area is 185 Å². The van der Waals surface area contributed by atoms with Crippen LogP contribution in [0, 0.1) is 0 Å². The van der Waals surface area contributed by atoms with Crippen LogP contribution < -0.4 is 4.74 Å². The first-order chi connectivity index (χ1) is 14.7. The number of methoxy groups -OCH3 is 1. The molecule has 4 rings (SSSR count). The van der Waals surface area contributed by atoms with Crippen molar-refractivity contribution in [2.75, 3.05) is 45.3 Å². The Bertz CT molecular complexity index is 1060. The Balaban J connectivity index is 1.83. The summed E-state index contributed by atoms with van der Waals surface area (Å²) >= 11 is 0. The minimum absolute atomic E-state index is 0.00893. The molecule has 1 aromatic carbocycles. The maximum absolute atomic E-state index is 13.8. The van der Waals surface area contributed by atoms with E-state index < -0.39 is 19.9 Å². The third kappa shape index (κ3) is 4.61. The number of benzene rings is 1. The molecular formula is C21H31N3O5S2. The molecule has 0 radical (unpaired) electrons. The fourth-order valence-corrected chi connectivity index (χ4v) is 7.99. The molecule has 31 heavy (non-hydrogen) atoms. The van der Waals surface area contributed by atoms with E-state index in [4.69, 9.17) is 4.74 Å². The van der Waals surface area contributed by atoms with Crippen LogP contribution in [0.3, 0.4) is 0 Å². The molecule has 172 valence electrons. The molecule has 2 fully saturated rings. The number of rotatable bonds is 5. The third-order valence-corrected chi connectivity index (χ3v) is 10.1. The quantitative estimate of drug-likeness (QED) is 0.656. The van der Waals surface area contributed by atoms with Gasteiger partial charge in [-0.3, -0.25) is 5.01 Å². The smallest absolute Gasteiger partial charge is 0.243 e. The Kier molecular flexibility index (Phi) is 6.33. The Morgan fingerprint density at radius 2 is 1.74 bits per heavy atom. The van der Waals surface area contributed by atoms with Crippen molar-refractivity contribution in [1.29, 1.82) is 0 Å². The van der Waals surface area contributed by atoms with Crippen LogP contribution in [0.15, 0.2) is 22.1 Å². The average molecular weight is 470 g/mol. The fraction of sp³-hybridized carbons (Fsp3) is 0.667. The van der Waals surface area contributed by atoms with E-state index in [-0.39, 0.29) is 35.4 Å². The number of nitrogens with zero attached hydrogens (tertiary/aromatic N) is 3. The van der Waals surface area contributed by atoms with E-state index in [1.54, 1.807) is 13.2 Å². The molecule has 0 N–H and O–H groups in total. The third-order valence-electron chi connectivity index (χ3n) is 6.56. The lowest BCUT2D eigenvalue weighted by atomic mass is 9.83. The van der Waals surface area contributed by atoms with E-state index in [0.717, 1.165) is 61.9 Å². The van der Waals surface area contributed by atoms with Crippen molar-refractivity contribution in [1.82, 2.24) is 9.31 Å². The van der Waals surface area contributed by atoms with Gasteiger partial charge in [-0.1, -0.05) is 19.3 Å². The van der Waals surface area contributed by atoms with Gasteiger partial charge in [0, 0.05) is 44.2 Å². The predicted molar refractivity (Wildman–Crippen MR) is 120 cm³/mol. The summed E-state index contributed by atoms with van der Waals surface area (Å²) in [7, 11) is -3.58. The SMILES string of the molecule is COc1cc(C2=NN(C)CC2)cc(S(=O)(=O)N2CCS(=O)(=O)CC2)c1C1CCCCC1. The second-order valence-corrected chi connectivity index (χ2v) is 12.9. The molecule has 0 aromatic heterocycles. The molecule has 1 saturated heterocycles. The lowest BCUT2D eigenvalue weighted by molar-refractivity contribution is 0.380. The highest BCUT2D eigenvalue weighted by molar-refractivity contribution is 7.92. The fourth-order valence-electron chi connectivity index (χ4n) is 4.79. The first-order valence-electron chi connectivity index (χ1n) is 10.9. The van der Waals surface area contributed by atoms with E-state index in [9.17, 15) is 16.8 Å². The van der Waals surface area contributed by atoms with Crippen molar-refractivity contribution in [3.8, 4) is 5.75 Å². The highest BCUT2D eigenvalue weighted by Gasteiger charge is 2.36. The highest BCUT2D eigenvalue weighted by atomic mass is 32.2. The van der Waals surface area contributed by atoms with Gasteiger partial charge in [0.1, 0.15) is 5.75 Å². The van der Waals surface area contributed by atoms with Crippen molar-refractivity contribution >= 4 is 25.6 Å². The summed E-state index contributed by atoms with van der Waals surface area (Å²) in [4.78, 5) is 0.255. The predicted octanol–water partition coefficient (Wildman–Crippen LogP) is 2.20. The molecule has 0 bridgehead atoms. The monoisotopic (exact) mass is 469 g/mol. The van der Waals surface area contributed by atoms with Gasteiger partial charge >= 0.3 is 0 Å². The second-order valence-electron chi connectivity index (χ2n) is 8.66. The van der Waals surface area contributed by atoms with Gasteiger partial charge in [-0.25, -0.2) is 16.8 Å². The Hall–Kier alpha value is -1.65. The molecule has 8 nitrogen and oxygen atoms in total. The molecule has 0 atom stereocenters. The first-order valence-corrected chi connectivity index (χ1v) is 14.2. The van der Waals surface area contributed by atoms with E-state index in [0.29, 0.717) is 5.75 Å². The average Bonchev–Trinajstić information content (AvgIpc) is 3.19. The second kappa shape index (κ2) is 8.71. The van der Waals surface area contributed by atoms with Crippen LogP contribution in [0.5, 0.6) is 5.75 Å². The lowest BCUT2D eigenvalue weighted by Gasteiger charge is -2.30. The summed E-state index contributed by atoms with van der Waals surface area (Å²) < 4.78 is 58.4. The lowest BCUT2D eigenvalue weighted by Crippen LogP contribution is -2.44. The standard InChI is InChI=1S/C21H31N3O5S2/c1-23-9-8-18(22-23)17-14-19(29-2)21(16-6-4-3-5-7-16)20(15-17)31(27,28)24-10-12-30(25,26)13-11-24/h14-16H,3-13H2,1-2H3. The molecule has 1 saturated carbocycles. The van der Waals surface area contributed by atoms with Crippen LogP contribution in [-0.2, 0) is 19.9 Å². The molecular weight excluding hydrogens is 438 g/mol. The van der Waals surface area contributed by atoms with Gasteiger partial charge in [-0.2, -0.15) is 9.41 Å². The number of hydrazone groups is 1. The zero-order valence-corrected chi connectivity index (χ0v) is 19.8. The van der Waals surface area contributed by atoms with Crippen LogP contribution in [-0.4, -0.2) is 77.2 Å². The minimum atomic E-state index is -3.87. The molecule has 1 aromatic rings. The molecule has 0 spiro atoms. The minimum Gasteiger partial charge on any atom is -0.496 e. The molecule has 1 aliphatic carbocycles. The van der Waals surface area contributed by atoms with Gasteiger partial charge in [0.15, 0.2) is 9.84 Å². The number of hydrogen-bond acceptors (Lipinski definition) is 7. The normalized spacial score (nSPS) is 23.0. The summed E-state index contributed by atoms with van der Waals surface area (Å²) in [6.07, 6.45) is 5.88. The first kappa shape index (κ1) is 22.5. The van der Waals surface area contributed by atoms with Crippen molar-refractivity contribution in [3.63, 3.8) is 0 Å². The maximum Gasteiger partial charge on any atom is 0.243 e. The number of hydrogen-bond donors (Lipinski definition) is 0. The van der Waals surface area contributed by atoms with E-state index in [1.165, 1.54) is 4.31 Å². The summed E-state index contributed by atoms with van der Waals surface area (Å²) in [6.45, 7) is 0.768. The zero-order chi connectivity index (χ0) is 22.2. The summed E-state index contributed by atoms with van der Waals surface area (Å²) in [5.74, 6) is 0.424. The van der Waals surface area contributed by atoms with Crippen LogP contribution in [0.2, 0.25) is 0 Å². The van der Waals surface area contributed by atoms with Gasteiger partial charge in [-0.05, 0) is 30.9 Å². The molecule has 10 heteroatoms. The van der Waals surface area contributed by atoms with E-state index in [1.807, 2.05) is 18.1 Å². The number of ether oxygens (including phenoxy) is 1. The number of sulfone groups is 1. The van der Waals surface area contributed by atoms with Crippen molar-refractivity contribution in [3.05, 3.63) is 23.3 Å². The van der Waals surface area contributed by atoms with Gasteiger partial charge < -0.3 is 4.74 Å². The molecule has 0 amide bonds. The van der Waals surface area contributed by atoms with Gasteiger partial charge in [0.25, 0.3) is 0 Å². The number of sulfonamides is 1. The summed E-state index contributed by atoms with van der Waals surface area (Å²) in [6, 6.07) is 3.66. The van der Waals surface area contributed by atoms with Crippen LogP contribution in [0.1, 0.15) is 55.6 Å².